The lowest BCUT2D eigenvalue weighted by Crippen LogP contribution is -2.47. The van der Waals surface area contributed by atoms with Crippen LogP contribution in [-0.2, 0) is 11.3 Å². The van der Waals surface area contributed by atoms with Gasteiger partial charge in [-0.05, 0) is 24.3 Å². The van der Waals surface area contributed by atoms with Gasteiger partial charge < -0.3 is 20.1 Å². The Morgan fingerprint density at radius 3 is 2.53 bits per heavy atom. The topological polar surface area (TPSA) is 54.9 Å². The van der Waals surface area contributed by atoms with Crippen molar-refractivity contribution in [3.63, 3.8) is 0 Å². The van der Waals surface area contributed by atoms with Gasteiger partial charge in [-0.25, -0.2) is 0 Å². The van der Waals surface area contributed by atoms with E-state index < -0.39 is 12.8 Å². The third-order valence-corrected chi connectivity index (χ3v) is 4.86. The van der Waals surface area contributed by atoms with Crippen LogP contribution in [0.3, 0.4) is 0 Å². The van der Waals surface area contributed by atoms with Gasteiger partial charge in [0.2, 0.25) is 0 Å². The molecule has 1 heterocycles. The number of guanidine groups is 1. The van der Waals surface area contributed by atoms with E-state index in [-0.39, 0.29) is 41.2 Å². The molecule has 30 heavy (non-hydrogen) atoms. The minimum atomic E-state index is -4.37. The largest absolute Gasteiger partial charge is 0.484 e. The van der Waals surface area contributed by atoms with E-state index >= 15 is 0 Å². The van der Waals surface area contributed by atoms with E-state index in [9.17, 15) is 13.2 Å². The monoisotopic (exact) mass is 543 g/mol. The van der Waals surface area contributed by atoms with Gasteiger partial charge in [0, 0.05) is 38.2 Å². The molecule has 5 nitrogen and oxygen atoms in total. The van der Waals surface area contributed by atoms with Crippen molar-refractivity contribution < 1.29 is 22.6 Å². The van der Waals surface area contributed by atoms with E-state index in [1.165, 1.54) is 6.07 Å². The molecule has 2 N–H and O–H groups in total. The summed E-state index contributed by atoms with van der Waals surface area (Å²) in [7, 11) is 1.67. The number of para-hydroxylation sites is 1. The predicted octanol–water partition coefficient (Wildman–Crippen LogP) is 4.75. The van der Waals surface area contributed by atoms with E-state index in [0.717, 1.165) is 19.4 Å². The number of rotatable bonds is 6. The summed E-state index contributed by atoms with van der Waals surface area (Å²) in [5, 5.41) is 6.48. The van der Waals surface area contributed by atoms with Crippen molar-refractivity contribution in [1.29, 1.82) is 0 Å². The maximum absolute atomic E-state index is 12.5. The second-order valence-electron chi connectivity index (χ2n) is 8.38. The Morgan fingerprint density at radius 1 is 1.20 bits per heavy atom. The molecule has 1 aromatic carbocycles. The maximum atomic E-state index is 12.5. The highest BCUT2D eigenvalue weighted by atomic mass is 127. The first-order valence-corrected chi connectivity index (χ1v) is 9.94. The molecular weight excluding hydrogens is 510 g/mol. The van der Waals surface area contributed by atoms with Crippen molar-refractivity contribution in [1.82, 2.24) is 10.6 Å². The molecule has 2 atom stereocenters. The standard InChI is InChI=1S/C21H32F3N3O2.HI/c1-20(2,3)18-16(9-7-11-28-18)13-27-19(25-4)26-12-15-8-5-6-10-17(15)29-14-21(22,23)24;/h5-6,8,10,16,18H,7,9,11-14H2,1-4H3,(H2,25,26,27);1H. The fourth-order valence-corrected chi connectivity index (χ4v) is 3.59. The van der Waals surface area contributed by atoms with Crippen LogP contribution in [0.4, 0.5) is 13.2 Å². The van der Waals surface area contributed by atoms with Gasteiger partial charge in [0.25, 0.3) is 0 Å². The molecule has 2 unspecified atom stereocenters. The molecule has 0 bridgehead atoms. The Kier molecular flexibility index (Phi) is 10.7. The van der Waals surface area contributed by atoms with E-state index in [1.807, 2.05) is 0 Å². The van der Waals surface area contributed by atoms with Crippen molar-refractivity contribution >= 4 is 29.9 Å². The van der Waals surface area contributed by atoms with Crippen LogP contribution in [0.2, 0.25) is 0 Å². The van der Waals surface area contributed by atoms with Crippen LogP contribution in [0.15, 0.2) is 29.3 Å². The summed E-state index contributed by atoms with van der Waals surface area (Å²) >= 11 is 0. The van der Waals surface area contributed by atoms with Gasteiger partial charge in [-0.3, -0.25) is 4.99 Å². The summed E-state index contributed by atoms with van der Waals surface area (Å²) in [5.41, 5.74) is 0.687. The number of ether oxygens (including phenoxy) is 2. The maximum Gasteiger partial charge on any atom is 0.422 e. The van der Waals surface area contributed by atoms with E-state index in [2.05, 4.69) is 36.4 Å². The Balaban J connectivity index is 0.00000450. The summed E-state index contributed by atoms with van der Waals surface area (Å²) in [6.45, 7) is 7.04. The molecule has 172 valence electrons. The van der Waals surface area contributed by atoms with Crippen LogP contribution in [0.1, 0.15) is 39.2 Å². The number of aliphatic imine (C=N–C) groups is 1. The summed E-state index contributed by atoms with van der Waals surface area (Å²) in [6.07, 6.45) is -2.09. The molecule has 0 aliphatic carbocycles. The minimum Gasteiger partial charge on any atom is -0.484 e. The second kappa shape index (κ2) is 12.0. The Labute approximate surface area is 194 Å². The van der Waals surface area contributed by atoms with Crippen LogP contribution in [-0.4, -0.2) is 45.0 Å². The summed E-state index contributed by atoms with van der Waals surface area (Å²) in [4.78, 5) is 4.22. The van der Waals surface area contributed by atoms with Crippen LogP contribution >= 0.6 is 24.0 Å². The number of nitrogens with one attached hydrogen (secondary N) is 2. The third kappa shape index (κ3) is 8.87. The highest BCUT2D eigenvalue weighted by Gasteiger charge is 2.35. The zero-order valence-corrected chi connectivity index (χ0v) is 20.3. The first-order chi connectivity index (χ1) is 13.6. The van der Waals surface area contributed by atoms with Crippen LogP contribution in [0, 0.1) is 11.3 Å². The molecule has 1 aromatic rings. The van der Waals surface area contributed by atoms with Gasteiger partial charge >= 0.3 is 6.18 Å². The SMILES string of the molecule is CN=C(NCc1ccccc1OCC(F)(F)F)NCC1CCCOC1C(C)(C)C.I. The number of alkyl halides is 3. The van der Waals surface area contributed by atoms with Gasteiger partial charge in [-0.1, -0.05) is 39.0 Å². The molecule has 0 saturated carbocycles. The molecule has 0 radical (unpaired) electrons. The smallest absolute Gasteiger partial charge is 0.422 e. The van der Waals surface area contributed by atoms with Gasteiger partial charge in [-0.2, -0.15) is 13.2 Å². The average Bonchev–Trinajstić information content (AvgIpc) is 2.66. The van der Waals surface area contributed by atoms with Crippen molar-refractivity contribution in [2.45, 2.75) is 52.4 Å². The van der Waals surface area contributed by atoms with Crippen LogP contribution in [0.25, 0.3) is 0 Å². The molecule has 1 saturated heterocycles. The van der Waals surface area contributed by atoms with Crippen LogP contribution in [0.5, 0.6) is 5.75 Å². The second-order valence-corrected chi connectivity index (χ2v) is 8.38. The molecular formula is C21H33F3IN3O2. The van der Waals surface area contributed by atoms with Gasteiger partial charge in [0.15, 0.2) is 12.6 Å². The van der Waals surface area contributed by atoms with Crippen molar-refractivity contribution in [2.24, 2.45) is 16.3 Å². The summed E-state index contributed by atoms with van der Waals surface area (Å²) in [6, 6.07) is 6.68. The molecule has 0 amide bonds. The Hall–Kier alpha value is -1.23. The van der Waals surface area contributed by atoms with E-state index in [4.69, 9.17) is 9.47 Å². The molecule has 1 aliphatic rings. The molecule has 2 rings (SSSR count). The Morgan fingerprint density at radius 2 is 1.90 bits per heavy atom. The van der Waals surface area contributed by atoms with Crippen molar-refractivity contribution in [3.8, 4) is 5.75 Å². The normalized spacial score (nSPS) is 20.3. The fraction of sp³-hybridized carbons (Fsp3) is 0.667. The number of nitrogens with zero attached hydrogens (tertiary/aromatic N) is 1. The molecule has 1 aliphatic heterocycles. The van der Waals surface area contributed by atoms with Gasteiger partial charge in [0.1, 0.15) is 5.75 Å². The first-order valence-electron chi connectivity index (χ1n) is 9.94. The number of benzene rings is 1. The molecule has 0 spiro atoms. The predicted molar refractivity (Wildman–Crippen MR) is 124 cm³/mol. The first kappa shape index (κ1) is 26.8. The van der Waals surface area contributed by atoms with Gasteiger partial charge in [0.05, 0.1) is 6.10 Å². The number of halogens is 4. The minimum absolute atomic E-state index is 0. The fourth-order valence-electron chi connectivity index (χ4n) is 3.59. The average molecular weight is 543 g/mol. The van der Waals surface area contributed by atoms with Crippen LogP contribution < -0.4 is 15.4 Å². The molecule has 9 heteroatoms. The zero-order valence-electron chi connectivity index (χ0n) is 18.0. The molecule has 1 fully saturated rings. The molecule has 0 aromatic heterocycles. The lowest BCUT2D eigenvalue weighted by Gasteiger charge is -2.40. The van der Waals surface area contributed by atoms with Gasteiger partial charge in [-0.15, -0.1) is 24.0 Å². The van der Waals surface area contributed by atoms with E-state index in [1.54, 1.807) is 25.2 Å². The lowest BCUT2D eigenvalue weighted by molar-refractivity contribution is -0.153. The zero-order chi connectivity index (χ0) is 21.5. The van der Waals surface area contributed by atoms with Crippen molar-refractivity contribution in [3.05, 3.63) is 29.8 Å². The number of hydrogen-bond acceptors (Lipinski definition) is 3. The quantitative estimate of drug-likeness (QED) is 0.309. The third-order valence-electron chi connectivity index (χ3n) is 4.86. The number of hydrogen-bond donors (Lipinski definition) is 2. The lowest BCUT2D eigenvalue weighted by atomic mass is 9.78. The summed E-state index contributed by atoms with van der Waals surface area (Å²) < 4.78 is 48.3. The Bertz CT molecular complexity index is 678. The highest BCUT2D eigenvalue weighted by Crippen LogP contribution is 2.33. The summed E-state index contributed by atoms with van der Waals surface area (Å²) in [5.74, 6) is 1.17. The van der Waals surface area contributed by atoms with E-state index in [0.29, 0.717) is 30.5 Å². The highest BCUT2D eigenvalue weighted by molar-refractivity contribution is 14.0. The van der Waals surface area contributed by atoms with Crippen molar-refractivity contribution in [2.75, 3.05) is 26.8 Å².